The lowest BCUT2D eigenvalue weighted by Gasteiger charge is -2.21. The molecule has 0 bridgehead atoms. The molecule has 0 aliphatic carbocycles. The number of ether oxygens (including phenoxy) is 2. The summed E-state index contributed by atoms with van der Waals surface area (Å²) in [5.41, 5.74) is 0.685. The summed E-state index contributed by atoms with van der Waals surface area (Å²) in [4.78, 5) is 0.322. The second-order valence-corrected chi connectivity index (χ2v) is 7.07. The highest BCUT2D eigenvalue weighted by molar-refractivity contribution is 7.89. The van der Waals surface area contributed by atoms with Gasteiger partial charge >= 0.3 is 0 Å². The Morgan fingerprint density at radius 2 is 2.15 bits per heavy atom. The lowest BCUT2D eigenvalue weighted by atomic mass is 10.1. The molecule has 1 aromatic rings. The third kappa shape index (κ3) is 3.38. The van der Waals surface area contributed by atoms with Crippen molar-refractivity contribution in [2.75, 3.05) is 33.9 Å². The second kappa shape index (κ2) is 6.67. The van der Waals surface area contributed by atoms with Crippen LogP contribution in [0.3, 0.4) is 0 Å². The Balaban J connectivity index is 2.20. The minimum absolute atomic E-state index is 0.282. The monoisotopic (exact) mass is 299 g/mol. The maximum Gasteiger partial charge on any atom is 0.243 e. The number of methoxy groups -OCH3 is 1. The van der Waals surface area contributed by atoms with E-state index in [0.29, 0.717) is 23.6 Å². The molecule has 2 rings (SSSR count). The van der Waals surface area contributed by atoms with E-state index < -0.39 is 10.0 Å². The number of hydrogen-bond donors (Lipinski definition) is 0. The van der Waals surface area contributed by atoms with Gasteiger partial charge in [0.05, 0.1) is 18.1 Å². The van der Waals surface area contributed by atoms with Crippen LogP contribution >= 0.6 is 0 Å². The highest BCUT2D eigenvalue weighted by Crippen LogP contribution is 2.22. The molecule has 1 saturated heterocycles. The molecule has 1 aromatic carbocycles. The normalized spacial score (nSPS) is 19.6. The van der Waals surface area contributed by atoms with E-state index in [1.807, 2.05) is 6.07 Å². The van der Waals surface area contributed by atoms with Crippen molar-refractivity contribution in [1.29, 1.82) is 0 Å². The molecule has 0 saturated carbocycles. The van der Waals surface area contributed by atoms with Crippen molar-refractivity contribution in [2.45, 2.75) is 17.9 Å². The molecular weight excluding hydrogens is 278 g/mol. The van der Waals surface area contributed by atoms with Gasteiger partial charge in [-0.2, -0.15) is 0 Å². The fourth-order valence-corrected chi connectivity index (χ4v) is 3.84. The number of hydrogen-bond acceptors (Lipinski definition) is 4. The van der Waals surface area contributed by atoms with E-state index >= 15 is 0 Å². The van der Waals surface area contributed by atoms with E-state index in [9.17, 15) is 8.42 Å². The molecule has 6 heteroatoms. The summed E-state index contributed by atoms with van der Waals surface area (Å²) >= 11 is 0. The van der Waals surface area contributed by atoms with Crippen molar-refractivity contribution in [3.63, 3.8) is 0 Å². The summed E-state index contributed by atoms with van der Waals surface area (Å²) in [6, 6.07) is 6.96. The van der Waals surface area contributed by atoms with E-state index in [1.165, 1.54) is 4.31 Å². The van der Waals surface area contributed by atoms with Gasteiger partial charge in [0.1, 0.15) is 0 Å². The van der Waals surface area contributed by atoms with E-state index in [1.54, 1.807) is 32.4 Å². The Kier molecular flexibility index (Phi) is 5.15. The Bertz CT molecular complexity index is 538. The molecule has 0 spiro atoms. The van der Waals surface area contributed by atoms with Crippen molar-refractivity contribution in [3.05, 3.63) is 29.8 Å². The number of rotatable bonds is 6. The molecule has 112 valence electrons. The first-order valence-corrected chi connectivity index (χ1v) is 8.10. The van der Waals surface area contributed by atoms with Crippen LogP contribution in [0.5, 0.6) is 0 Å². The zero-order valence-electron chi connectivity index (χ0n) is 11.9. The SMILES string of the molecule is COCc1ccccc1S(=O)(=O)N(C)C[C@H]1CCOC1. The van der Waals surface area contributed by atoms with Gasteiger partial charge in [0.15, 0.2) is 0 Å². The van der Waals surface area contributed by atoms with Gasteiger partial charge in [-0.1, -0.05) is 18.2 Å². The first-order valence-electron chi connectivity index (χ1n) is 6.66. The Hall–Kier alpha value is -0.950. The molecule has 1 heterocycles. The van der Waals surface area contributed by atoms with Crippen molar-refractivity contribution >= 4 is 10.0 Å². The first-order chi connectivity index (χ1) is 9.55. The standard InChI is InChI=1S/C14H21NO4S/c1-15(9-12-7-8-19-10-12)20(16,17)14-6-4-3-5-13(14)11-18-2/h3-6,12H,7-11H2,1-2H3/t12-/m1/s1. The molecule has 0 unspecified atom stereocenters. The van der Waals surface area contributed by atoms with Gasteiger partial charge in [-0.15, -0.1) is 0 Å². The largest absolute Gasteiger partial charge is 0.381 e. The molecule has 1 aliphatic rings. The predicted molar refractivity (Wildman–Crippen MR) is 75.9 cm³/mol. The van der Waals surface area contributed by atoms with Gasteiger partial charge in [-0.05, 0) is 24.0 Å². The lowest BCUT2D eigenvalue weighted by molar-refractivity contribution is 0.181. The van der Waals surface area contributed by atoms with E-state index in [2.05, 4.69) is 0 Å². The van der Waals surface area contributed by atoms with E-state index in [-0.39, 0.29) is 12.5 Å². The van der Waals surface area contributed by atoms with E-state index in [4.69, 9.17) is 9.47 Å². The van der Waals surface area contributed by atoms with Crippen LogP contribution in [-0.4, -0.2) is 46.6 Å². The molecule has 0 radical (unpaired) electrons. The van der Waals surface area contributed by atoms with Crippen molar-refractivity contribution in [1.82, 2.24) is 4.31 Å². The van der Waals surface area contributed by atoms with E-state index in [0.717, 1.165) is 13.0 Å². The summed E-state index contributed by atoms with van der Waals surface area (Å²) < 4.78 is 37.1. The number of nitrogens with zero attached hydrogens (tertiary/aromatic N) is 1. The third-order valence-corrected chi connectivity index (χ3v) is 5.42. The lowest BCUT2D eigenvalue weighted by Crippen LogP contribution is -2.32. The number of sulfonamides is 1. The van der Waals surface area contributed by atoms with Gasteiger partial charge in [0.2, 0.25) is 10.0 Å². The van der Waals surface area contributed by atoms with Gasteiger partial charge in [-0.3, -0.25) is 0 Å². The predicted octanol–water partition coefficient (Wildman–Crippen LogP) is 1.49. The topological polar surface area (TPSA) is 55.8 Å². The Labute approximate surface area is 120 Å². The maximum atomic E-state index is 12.6. The van der Waals surface area contributed by atoms with Crippen LogP contribution in [0.4, 0.5) is 0 Å². The molecule has 1 aliphatic heterocycles. The average molecular weight is 299 g/mol. The minimum atomic E-state index is -3.48. The van der Waals surface area contributed by atoms with Crippen molar-refractivity contribution in [2.24, 2.45) is 5.92 Å². The third-order valence-electron chi connectivity index (χ3n) is 3.50. The van der Waals surface area contributed by atoms with Crippen LogP contribution in [0.2, 0.25) is 0 Å². The summed E-state index contributed by atoms with van der Waals surface area (Å²) in [5, 5.41) is 0. The molecule has 0 N–H and O–H groups in total. The summed E-state index contributed by atoms with van der Waals surface area (Å²) in [6.07, 6.45) is 0.916. The summed E-state index contributed by atoms with van der Waals surface area (Å²) in [7, 11) is -0.301. The highest BCUT2D eigenvalue weighted by Gasteiger charge is 2.27. The molecule has 0 aromatic heterocycles. The molecule has 1 fully saturated rings. The zero-order valence-corrected chi connectivity index (χ0v) is 12.7. The molecule has 0 amide bonds. The van der Waals surface area contributed by atoms with Crippen molar-refractivity contribution in [3.8, 4) is 0 Å². The zero-order chi connectivity index (χ0) is 14.6. The van der Waals surface area contributed by atoms with Crippen LogP contribution < -0.4 is 0 Å². The van der Waals surface area contributed by atoms with Crippen LogP contribution in [0, 0.1) is 5.92 Å². The van der Waals surface area contributed by atoms with Gasteiger partial charge in [-0.25, -0.2) is 12.7 Å². The molecule has 1 atom stereocenters. The first kappa shape index (κ1) is 15.4. The minimum Gasteiger partial charge on any atom is -0.381 e. The quantitative estimate of drug-likeness (QED) is 0.798. The summed E-state index contributed by atoms with van der Waals surface area (Å²) in [5.74, 6) is 0.282. The fourth-order valence-electron chi connectivity index (χ4n) is 2.39. The van der Waals surface area contributed by atoms with Crippen LogP contribution in [0.1, 0.15) is 12.0 Å². The van der Waals surface area contributed by atoms with Gasteiger partial charge in [0, 0.05) is 27.3 Å². The highest BCUT2D eigenvalue weighted by atomic mass is 32.2. The maximum absolute atomic E-state index is 12.6. The van der Waals surface area contributed by atoms with Crippen LogP contribution in [-0.2, 0) is 26.1 Å². The number of benzene rings is 1. The Morgan fingerprint density at radius 3 is 2.80 bits per heavy atom. The van der Waals surface area contributed by atoms with Crippen LogP contribution in [0.15, 0.2) is 29.2 Å². The Morgan fingerprint density at radius 1 is 1.40 bits per heavy atom. The van der Waals surface area contributed by atoms with Gasteiger partial charge < -0.3 is 9.47 Å². The van der Waals surface area contributed by atoms with Crippen LogP contribution in [0.25, 0.3) is 0 Å². The second-order valence-electron chi connectivity index (χ2n) is 5.06. The fraction of sp³-hybridized carbons (Fsp3) is 0.571. The molecule has 20 heavy (non-hydrogen) atoms. The summed E-state index contributed by atoms with van der Waals surface area (Å²) in [6.45, 7) is 2.14. The smallest absolute Gasteiger partial charge is 0.243 e. The molecular formula is C14H21NO4S. The van der Waals surface area contributed by atoms with Crippen molar-refractivity contribution < 1.29 is 17.9 Å². The van der Waals surface area contributed by atoms with Gasteiger partial charge in [0.25, 0.3) is 0 Å². The average Bonchev–Trinajstić information content (AvgIpc) is 2.92. The molecule has 5 nitrogen and oxygen atoms in total.